The second kappa shape index (κ2) is 5.03. The number of aryl methyl sites for hydroxylation is 1. The quantitative estimate of drug-likeness (QED) is 0.751. The predicted octanol–water partition coefficient (Wildman–Crippen LogP) is 2.56. The van der Waals surface area contributed by atoms with Crippen LogP contribution in [0.2, 0.25) is 0 Å². The first-order valence-corrected chi connectivity index (χ1v) is 4.98. The van der Waals surface area contributed by atoms with E-state index in [1.54, 1.807) is 0 Å². The van der Waals surface area contributed by atoms with Crippen LogP contribution in [0, 0.1) is 0 Å². The Balaban J connectivity index is 2.67. The van der Waals surface area contributed by atoms with Crippen LogP contribution in [0.15, 0.2) is 24.3 Å². The van der Waals surface area contributed by atoms with Crippen LogP contribution in [0.3, 0.4) is 0 Å². The average molecular weight is 178 g/mol. The van der Waals surface area contributed by atoms with Crippen LogP contribution in [0.1, 0.15) is 31.4 Å². The lowest BCUT2D eigenvalue weighted by molar-refractivity contribution is 0.195. The number of benzene rings is 1. The van der Waals surface area contributed by atoms with E-state index in [2.05, 4.69) is 31.2 Å². The lowest BCUT2D eigenvalue weighted by Crippen LogP contribution is -2.04. The van der Waals surface area contributed by atoms with E-state index in [9.17, 15) is 5.11 Å². The van der Waals surface area contributed by atoms with Crippen LogP contribution in [0.25, 0.3) is 0 Å². The third-order valence-corrected chi connectivity index (χ3v) is 2.06. The van der Waals surface area contributed by atoms with Crippen molar-refractivity contribution in [2.75, 3.05) is 0 Å². The van der Waals surface area contributed by atoms with E-state index in [-0.39, 0.29) is 6.10 Å². The molecule has 0 unspecified atom stereocenters. The highest BCUT2D eigenvalue weighted by Crippen LogP contribution is 2.09. The zero-order valence-electron chi connectivity index (χ0n) is 8.46. The summed E-state index contributed by atoms with van der Waals surface area (Å²) in [6.07, 6.45) is 2.83. The summed E-state index contributed by atoms with van der Waals surface area (Å²) in [6.45, 7) is 4.01. The van der Waals surface area contributed by atoms with Gasteiger partial charge in [0.25, 0.3) is 0 Å². The van der Waals surface area contributed by atoms with Gasteiger partial charge in [-0.25, -0.2) is 0 Å². The van der Waals surface area contributed by atoms with Crippen molar-refractivity contribution in [3.05, 3.63) is 35.4 Å². The van der Waals surface area contributed by atoms with Gasteiger partial charge < -0.3 is 5.11 Å². The SMILES string of the molecule is CCCc1cccc(C[C@@H](C)O)c1. The van der Waals surface area contributed by atoms with Gasteiger partial charge >= 0.3 is 0 Å². The third-order valence-electron chi connectivity index (χ3n) is 2.06. The second-order valence-corrected chi connectivity index (χ2v) is 3.62. The molecule has 1 atom stereocenters. The first-order valence-electron chi connectivity index (χ1n) is 4.98. The Bertz CT molecular complexity index is 253. The van der Waals surface area contributed by atoms with Crippen LogP contribution in [-0.4, -0.2) is 11.2 Å². The maximum Gasteiger partial charge on any atom is 0.0552 e. The first kappa shape index (κ1) is 10.3. The molecule has 0 aromatic heterocycles. The fraction of sp³-hybridized carbons (Fsp3) is 0.500. The lowest BCUT2D eigenvalue weighted by Gasteiger charge is -2.06. The standard InChI is InChI=1S/C12H18O/c1-3-5-11-6-4-7-12(9-11)8-10(2)13/h4,6-7,9-10,13H,3,5,8H2,1-2H3/t10-/m1/s1. The van der Waals surface area contributed by atoms with Crippen molar-refractivity contribution in [3.63, 3.8) is 0 Å². The molecular weight excluding hydrogens is 160 g/mol. The molecular formula is C12H18O. The fourth-order valence-electron chi connectivity index (χ4n) is 1.54. The largest absolute Gasteiger partial charge is 0.393 e. The molecule has 0 saturated heterocycles. The van der Waals surface area contributed by atoms with Crippen LogP contribution in [0.5, 0.6) is 0 Å². The molecule has 0 aliphatic rings. The Hall–Kier alpha value is -0.820. The zero-order chi connectivity index (χ0) is 9.68. The van der Waals surface area contributed by atoms with E-state index in [4.69, 9.17) is 0 Å². The van der Waals surface area contributed by atoms with Crippen molar-refractivity contribution < 1.29 is 5.11 Å². The molecule has 1 rings (SSSR count). The topological polar surface area (TPSA) is 20.2 Å². The van der Waals surface area contributed by atoms with E-state index in [1.807, 2.05) is 6.92 Å². The fourth-order valence-corrected chi connectivity index (χ4v) is 1.54. The molecule has 0 aliphatic heterocycles. The number of aliphatic hydroxyl groups is 1. The van der Waals surface area contributed by atoms with Crippen molar-refractivity contribution in [1.29, 1.82) is 0 Å². The van der Waals surface area contributed by atoms with E-state index < -0.39 is 0 Å². The summed E-state index contributed by atoms with van der Waals surface area (Å²) in [4.78, 5) is 0. The van der Waals surface area contributed by atoms with Crippen LogP contribution >= 0.6 is 0 Å². The van der Waals surface area contributed by atoms with Crippen LogP contribution < -0.4 is 0 Å². The molecule has 0 radical (unpaired) electrons. The minimum absolute atomic E-state index is 0.239. The minimum Gasteiger partial charge on any atom is -0.393 e. The van der Waals surface area contributed by atoms with Crippen LogP contribution in [0.4, 0.5) is 0 Å². The molecule has 1 aromatic rings. The molecule has 0 aliphatic carbocycles. The maximum absolute atomic E-state index is 9.23. The second-order valence-electron chi connectivity index (χ2n) is 3.62. The molecule has 0 fully saturated rings. The normalized spacial score (nSPS) is 12.8. The molecule has 0 heterocycles. The molecule has 1 N–H and O–H groups in total. The Morgan fingerprint density at radius 3 is 2.62 bits per heavy atom. The summed E-state index contributed by atoms with van der Waals surface area (Å²) in [5.74, 6) is 0. The summed E-state index contributed by atoms with van der Waals surface area (Å²) >= 11 is 0. The number of rotatable bonds is 4. The van der Waals surface area contributed by atoms with Gasteiger partial charge in [0.1, 0.15) is 0 Å². The Morgan fingerprint density at radius 2 is 2.00 bits per heavy atom. The summed E-state index contributed by atoms with van der Waals surface area (Å²) in [5.41, 5.74) is 2.61. The third kappa shape index (κ3) is 3.60. The Morgan fingerprint density at radius 1 is 1.31 bits per heavy atom. The van der Waals surface area contributed by atoms with Crippen LogP contribution in [-0.2, 0) is 12.8 Å². The van der Waals surface area contributed by atoms with E-state index >= 15 is 0 Å². The van der Waals surface area contributed by atoms with Crippen molar-refractivity contribution in [1.82, 2.24) is 0 Å². The summed E-state index contributed by atoms with van der Waals surface area (Å²) in [6, 6.07) is 8.49. The summed E-state index contributed by atoms with van der Waals surface area (Å²) in [7, 11) is 0. The Kier molecular flexibility index (Phi) is 3.97. The highest BCUT2D eigenvalue weighted by Gasteiger charge is 1.99. The van der Waals surface area contributed by atoms with Gasteiger partial charge in [-0.15, -0.1) is 0 Å². The maximum atomic E-state index is 9.23. The number of hydrogen-bond acceptors (Lipinski definition) is 1. The van der Waals surface area contributed by atoms with Gasteiger partial charge in [0.2, 0.25) is 0 Å². The Labute approximate surface area is 80.4 Å². The molecule has 0 bridgehead atoms. The predicted molar refractivity (Wildman–Crippen MR) is 55.8 cm³/mol. The van der Waals surface area contributed by atoms with Gasteiger partial charge in [-0.1, -0.05) is 37.6 Å². The molecule has 72 valence electrons. The number of aliphatic hydroxyl groups excluding tert-OH is 1. The molecule has 1 aromatic carbocycles. The summed E-state index contributed by atoms with van der Waals surface area (Å²) < 4.78 is 0. The molecule has 1 heteroatoms. The minimum atomic E-state index is -0.239. The zero-order valence-corrected chi connectivity index (χ0v) is 8.46. The monoisotopic (exact) mass is 178 g/mol. The lowest BCUT2D eigenvalue weighted by atomic mass is 10.0. The molecule has 13 heavy (non-hydrogen) atoms. The summed E-state index contributed by atoms with van der Waals surface area (Å²) in [5, 5.41) is 9.23. The highest BCUT2D eigenvalue weighted by molar-refractivity contribution is 5.24. The highest BCUT2D eigenvalue weighted by atomic mass is 16.3. The van der Waals surface area contributed by atoms with Crippen molar-refractivity contribution in [2.45, 2.75) is 39.2 Å². The van der Waals surface area contributed by atoms with E-state index in [1.165, 1.54) is 17.5 Å². The first-order chi connectivity index (χ1) is 6.22. The smallest absolute Gasteiger partial charge is 0.0552 e. The van der Waals surface area contributed by atoms with Crippen molar-refractivity contribution in [3.8, 4) is 0 Å². The average Bonchev–Trinajstić information content (AvgIpc) is 2.04. The van der Waals surface area contributed by atoms with Gasteiger partial charge in [0.15, 0.2) is 0 Å². The van der Waals surface area contributed by atoms with Gasteiger partial charge in [0, 0.05) is 0 Å². The number of hydrogen-bond donors (Lipinski definition) is 1. The molecule has 0 saturated carbocycles. The van der Waals surface area contributed by atoms with E-state index in [0.29, 0.717) is 0 Å². The van der Waals surface area contributed by atoms with Gasteiger partial charge in [-0.05, 0) is 30.9 Å². The van der Waals surface area contributed by atoms with Crippen molar-refractivity contribution in [2.24, 2.45) is 0 Å². The molecule has 1 nitrogen and oxygen atoms in total. The molecule has 0 spiro atoms. The molecule has 0 amide bonds. The van der Waals surface area contributed by atoms with Gasteiger partial charge in [-0.3, -0.25) is 0 Å². The van der Waals surface area contributed by atoms with Gasteiger partial charge in [-0.2, -0.15) is 0 Å². The van der Waals surface area contributed by atoms with Gasteiger partial charge in [0.05, 0.1) is 6.10 Å². The van der Waals surface area contributed by atoms with Crippen molar-refractivity contribution >= 4 is 0 Å². The van der Waals surface area contributed by atoms with E-state index in [0.717, 1.165) is 12.8 Å².